The quantitative estimate of drug-likeness (QED) is 0.738. The van der Waals surface area contributed by atoms with Gasteiger partial charge in [0.25, 0.3) is 0 Å². The first-order valence-electron chi connectivity index (χ1n) is 6.23. The zero-order valence-electron chi connectivity index (χ0n) is 10.6. The van der Waals surface area contributed by atoms with E-state index in [1.54, 1.807) is 0 Å². The van der Waals surface area contributed by atoms with Gasteiger partial charge in [0.15, 0.2) is 0 Å². The van der Waals surface area contributed by atoms with Crippen molar-refractivity contribution < 1.29 is 9.53 Å². The second kappa shape index (κ2) is 7.71. The first-order valence-corrected chi connectivity index (χ1v) is 6.23. The number of ether oxygens (including phenoxy) is 1. The van der Waals surface area contributed by atoms with Crippen molar-refractivity contribution in [2.24, 2.45) is 5.92 Å². The Morgan fingerprint density at radius 2 is 1.88 bits per heavy atom. The zero-order chi connectivity index (χ0) is 12.5. The molecule has 0 bridgehead atoms. The molecular weight excluding hydrogens is 214 g/mol. The molecule has 94 valence electrons. The summed E-state index contributed by atoms with van der Waals surface area (Å²) in [7, 11) is 0. The van der Waals surface area contributed by atoms with Crippen LogP contribution in [0.25, 0.3) is 0 Å². The SMILES string of the molecule is CCC(CC)C(=O)NCCOc1ccccc1. The van der Waals surface area contributed by atoms with Crippen LogP contribution in [0.5, 0.6) is 5.75 Å². The fraction of sp³-hybridized carbons (Fsp3) is 0.500. The number of carbonyl (C=O) groups excluding carboxylic acids is 1. The Kier molecular flexibility index (Phi) is 6.15. The van der Waals surface area contributed by atoms with Crippen molar-refractivity contribution in [2.75, 3.05) is 13.2 Å². The van der Waals surface area contributed by atoms with Gasteiger partial charge in [0.1, 0.15) is 12.4 Å². The van der Waals surface area contributed by atoms with E-state index >= 15 is 0 Å². The van der Waals surface area contributed by atoms with Gasteiger partial charge in [0, 0.05) is 5.92 Å². The van der Waals surface area contributed by atoms with Crippen molar-refractivity contribution in [2.45, 2.75) is 26.7 Å². The van der Waals surface area contributed by atoms with E-state index in [9.17, 15) is 4.79 Å². The molecule has 1 amide bonds. The summed E-state index contributed by atoms with van der Waals surface area (Å²) in [5, 5.41) is 2.89. The third kappa shape index (κ3) is 4.89. The first kappa shape index (κ1) is 13.6. The van der Waals surface area contributed by atoms with Crippen molar-refractivity contribution in [1.29, 1.82) is 0 Å². The molecular formula is C14H21NO2. The molecule has 1 aromatic carbocycles. The average molecular weight is 235 g/mol. The molecule has 3 heteroatoms. The minimum absolute atomic E-state index is 0.131. The maximum Gasteiger partial charge on any atom is 0.223 e. The third-order valence-corrected chi connectivity index (χ3v) is 2.77. The highest BCUT2D eigenvalue weighted by Gasteiger charge is 2.12. The maximum atomic E-state index is 11.6. The summed E-state index contributed by atoms with van der Waals surface area (Å²) in [5.74, 6) is 1.10. The van der Waals surface area contributed by atoms with Gasteiger partial charge in [-0.25, -0.2) is 0 Å². The molecule has 17 heavy (non-hydrogen) atoms. The Labute approximate surface area is 103 Å². The molecule has 3 nitrogen and oxygen atoms in total. The standard InChI is InChI=1S/C14H21NO2/c1-3-12(4-2)14(16)15-10-11-17-13-8-6-5-7-9-13/h5-9,12H,3-4,10-11H2,1-2H3,(H,15,16). The number of benzene rings is 1. The topological polar surface area (TPSA) is 38.3 Å². The predicted octanol–water partition coefficient (Wildman–Crippen LogP) is 2.62. The molecule has 0 heterocycles. The summed E-state index contributed by atoms with van der Waals surface area (Å²) in [5.41, 5.74) is 0. The largest absolute Gasteiger partial charge is 0.492 e. The fourth-order valence-electron chi connectivity index (χ4n) is 1.66. The lowest BCUT2D eigenvalue weighted by Crippen LogP contribution is -2.33. The highest BCUT2D eigenvalue weighted by molar-refractivity contribution is 5.78. The molecule has 0 unspecified atom stereocenters. The van der Waals surface area contributed by atoms with Crippen molar-refractivity contribution in [3.05, 3.63) is 30.3 Å². The molecule has 0 radical (unpaired) electrons. The minimum Gasteiger partial charge on any atom is -0.492 e. The van der Waals surface area contributed by atoms with Gasteiger partial charge in [0.05, 0.1) is 6.54 Å². The Bertz CT molecular complexity index is 320. The second-order valence-corrected chi connectivity index (χ2v) is 3.97. The summed E-state index contributed by atoms with van der Waals surface area (Å²) in [6.45, 7) is 5.14. The van der Waals surface area contributed by atoms with E-state index < -0.39 is 0 Å². The molecule has 1 N–H and O–H groups in total. The number of amides is 1. The van der Waals surface area contributed by atoms with E-state index in [1.165, 1.54) is 0 Å². The number of rotatable bonds is 7. The Hall–Kier alpha value is -1.51. The van der Waals surface area contributed by atoms with Crippen molar-refractivity contribution in [3.63, 3.8) is 0 Å². The van der Waals surface area contributed by atoms with Gasteiger partial charge in [0.2, 0.25) is 5.91 Å². The van der Waals surface area contributed by atoms with E-state index in [1.807, 2.05) is 44.2 Å². The molecule has 0 fully saturated rings. The molecule has 0 saturated heterocycles. The van der Waals surface area contributed by atoms with Crippen molar-refractivity contribution in [1.82, 2.24) is 5.32 Å². The van der Waals surface area contributed by atoms with Crippen LogP contribution < -0.4 is 10.1 Å². The van der Waals surface area contributed by atoms with Crippen LogP contribution in [0.3, 0.4) is 0 Å². The predicted molar refractivity (Wildman–Crippen MR) is 69.0 cm³/mol. The number of hydrogen-bond donors (Lipinski definition) is 1. The Morgan fingerprint density at radius 1 is 1.24 bits per heavy atom. The van der Waals surface area contributed by atoms with Crippen LogP contribution in [0.15, 0.2) is 30.3 Å². The van der Waals surface area contributed by atoms with E-state index in [-0.39, 0.29) is 11.8 Å². The van der Waals surface area contributed by atoms with Crippen LogP contribution in [0.4, 0.5) is 0 Å². The number of nitrogens with one attached hydrogen (secondary N) is 1. The summed E-state index contributed by atoms with van der Waals surface area (Å²) >= 11 is 0. The van der Waals surface area contributed by atoms with Crippen molar-refractivity contribution in [3.8, 4) is 5.75 Å². The molecule has 0 spiro atoms. The summed E-state index contributed by atoms with van der Waals surface area (Å²) < 4.78 is 5.49. The highest BCUT2D eigenvalue weighted by Crippen LogP contribution is 2.08. The van der Waals surface area contributed by atoms with Crippen molar-refractivity contribution >= 4 is 5.91 Å². The molecule has 0 aromatic heterocycles. The summed E-state index contributed by atoms with van der Waals surface area (Å²) in [6, 6.07) is 9.61. The lowest BCUT2D eigenvalue weighted by Gasteiger charge is -2.13. The number of carbonyl (C=O) groups is 1. The van der Waals surface area contributed by atoms with Crippen LogP contribution in [0.2, 0.25) is 0 Å². The Morgan fingerprint density at radius 3 is 2.47 bits per heavy atom. The van der Waals surface area contributed by atoms with Gasteiger partial charge in [-0.3, -0.25) is 4.79 Å². The molecule has 0 aliphatic heterocycles. The van der Waals surface area contributed by atoms with Gasteiger partial charge < -0.3 is 10.1 Å². The summed E-state index contributed by atoms with van der Waals surface area (Å²) in [6.07, 6.45) is 1.78. The lowest BCUT2D eigenvalue weighted by atomic mass is 10.0. The van der Waals surface area contributed by atoms with Crippen LogP contribution >= 0.6 is 0 Å². The molecule has 0 atom stereocenters. The van der Waals surface area contributed by atoms with Crippen LogP contribution in [0, 0.1) is 5.92 Å². The lowest BCUT2D eigenvalue weighted by molar-refractivity contribution is -0.125. The van der Waals surface area contributed by atoms with Crippen LogP contribution in [-0.4, -0.2) is 19.1 Å². The van der Waals surface area contributed by atoms with Crippen LogP contribution in [-0.2, 0) is 4.79 Å². The smallest absolute Gasteiger partial charge is 0.223 e. The van der Waals surface area contributed by atoms with Crippen LogP contribution in [0.1, 0.15) is 26.7 Å². The highest BCUT2D eigenvalue weighted by atomic mass is 16.5. The molecule has 1 rings (SSSR count). The average Bonchev–Trinajstić information content (AvgIpc) is 2.37. The van der Waals surface area contributed by atoms with Gasteiger partial charge in [-0.2, -0.15) is 0 Å². The monoisotopic (exact) mass is 235 g/mol. The molecule has 0 aliphatic rings. The molecule has 0 saturated carbocycles. The molecule has 0 aliphatic carbocycles. The normalized spacial score (nSPS) is 10.3. The van der Waals surface area contributed by atoms with Gasteiger partial charge in [-0.05, 0) is 25.0 Å². The number of para-hydroxylation sites is 1. The van der Waals surface area contributed by atoms with E-state index in [0.29, 0.717) is 13.2 Å². The second-order valence-electron chi connectivity index (χ2n) is 3.97. The van der Waals surface area contributed by atoms with E-state index in [4.69, 9.17) is 4.74 Å². The Balaban J connectivity index is 2.18. The third-order valence-electron chi connectivity index (χ3n) is 2.77. The van der Waals surface area contributed by atoms with Gasteiger partial charge in [-0.15, -0.1) is 0 Å². The van der Waals surface area contributed by atoms with Gasteiger partial charge in [-0.1, -0.05) is 32.0 Å². The fourth-order valence-corrected chi connectivity index (χ4v) is 1.66. The minimum atomic E-state index is 0.131. The zero-order valence-corrected chi connectivity index (χ0v) is 10.6. The molecule has 1 aromatic rings. The number of hydrogen-bond acceptors (Lipinski definition) is 2. The van der Waals surface area contributed by atoms with E-state index in [0.717, 1.165) is 18.6 Å². The summed E-state index contributed by atoms with van der Waals surface area (Å²) in [4.78, 5) is 11.6. The van der Waals surface area contributed by atoms with E-state index in [2.05, 4.69) is 5.32 Å². The maximum absolute atomic E-state index is 11.6. The first-order chi connectivity index (χ1) is 8.27. The van der Waals surface area contributed by atoms with Gasteiger partial charge >= 0.3 is 0 Å².